The Kier molecular flexibility index (Phi) is 9.24. The Bertz CT molecular complexity index is 846. The first-order valence-electron chi connectivity index (χ1n) is 10.4. The molecule has 2 N–H and O–H groups in total. The lowest BCUT2D eigenvalue weighted by Gasteiger charge is -2.22. The van der Waals surface area contributed by atoms with Gasteiger partial charge in [0.2, 0.25) is 5.91 Å². The van der Waals surface area contributed by atoms with Crippen molar-refractivity contribution in [2.24, 2.45) is 5.92 Å². The number of benzene rings is 1. The van der Waals surface area contributed by atoms with Crippen LogP contribution in [0, 0.1) is 5.92 Å². The number of hydrogen-bond donors (Lipinski definition) is 2. The minimum Gasteiger partial charge on any atom is -0.506 e. The molecule has 8 nitrogen and oxygen atoms in total. The van der Waals surface area contributed by atoms with Crippen LogP contribution in [0.4, 0.5) is 5.69 Å². The Hall–Kier alpha value is -1.97. The summed E-state index contributed by atoms with van der Waals surface area (Å²) < 4.78 is 16.2. The van der Waals surface area contributed by atoms with Crippen molar-refractivity contribution in [3.05, 3.63) is 28.2 Å². The third kappa shape index (κ3) is 8.52. The number of anilines is 1. The van der Waals surface area contributed by atoms with Gasteiger partial charge in [0.05, 0.1) is 29.6 Å². The van der Waals surface area contributed by atoms with Gasteiger partial charge in [0.25, 0.3) is 0 Å². The Balaban J connectivity index is 1.97. The minimum absolute atomic E-state index is 0.0728. The van der Waals surface area contributed by atoms with Crippen molar-refractivity contribution < 1.29 is 28.4 Å². The van der Waals surface area contributed by atoms with E-state index in [4.69, 9.17) is 37.2 Å². The summed E-state index contributed by atoms with van der Waals surface area (Å²) in [6, 6.07) is 4.89. The van der Waals surface area contributed by atoms with Crippen molar-refractivity contribution in [3.63, 3.8) is 0 Å². The second kappa shape index (κ2) is 11.3. The molecule has 176 valence electrons. The fourth-order valence-electron chi connectivity index (χ4n) is 3.09. The largest absolute Gasteiger partial charge is 0.552 e. The van der Waals surface area contributed by atoms with Crippen molar-refractivity contribution in [1.82, 2.24) is 5.32 Å². The molecule has 11 heteroatoms. The topological polar surface area (TPSA) is 103 Å². The van der Waals surface area contributed by atoms with E-state index in [1.54, 1.807) is 39.0 Å². The molecule has 1 heterocycles. The molecule has 1 aromatic rings. The van der Waals surface area contributed by atoms with Crippen molar-refractivity contribution in [2.75, 3.05) is 11.9 Å². The monoisotopic (exact) mass is 486 g/mol. The van der Waals surface area contributed by atoms with Crippen molar-refractivity contribution in [1.29, 1.82) is 0 Å². The first-order chi connectivity index (χ1) is 14.8. The lowest BCUT2D eigenvalue weighted by Crippen LogP contribution is -2.49. The number of halogens is 2. The lowest BCUT2D eigenvalue weighted by molar-refractivity contribution is -0.158. The number of amides is 1. The van der Waals surface area contributed by atoms with E-state index in [2.05, 4.69) is 10.6 Å². The van der Waals surface area contributed by atoms with Gasteiger partial charge in [-0.2, -0.15) is 0 Å². The molecule has 0 aliphatic carbocycles. The van der Waals surface area contributed by atoms with Crippen LogP contribution in [0.15, 0.2) is 18.2 Å². The fraction of sp³-hybridized carbons (Fsp3) is 0.571. The third-order valence-corrected chi connectivity index (χ3v) is 4.90. The SMILES string of the molecule is CC(C)C[C@H](NC(=O)CNc1cc(Cl)ccc1Cl)B1OC(=O)[C@H](CC(=O)OC(C)(C)C)O1. The Morgan fingerprint density at radius 1 is 1.25 bits per heavy atom. The van der Waals surface area contributed by atoms with Crippen molar-refractivity contribution in [3.8, 4) is 0 Å². The Morgan fingerprint density at radius 2 is 1.94 bits per heavy atom. The van der Waals surface area contributed by atoms with Gasteiger partial charge in [-0.1, -0.05) is 37.0 Å². The van der Waals surface area contributed by atoms with Crippen LogP contribution in [0.2, 0.25) is 10.0 Å². The summed E-state index contributed by atoms with van der Waals surface area (Å²) in [6.45, 7) is 9.08. The van der Waals surface area contributed by atoms with Crippen LogP contribution in [0.25, 0.3) is 0 Å². The molecule has 0 bridgehead atoms. The average Bonchev–Trinajstić information content (AvgIpc) is 3.00. The number of rotatable bonds is 9. The zero-order valence-corrected chi connectivity index (χ0v) is 20.4. The van der Waals surface area contributed by atoms with Crippen LogP contribution in [-0.2, 0) is 28.4 Å². The molecular weight excluding hydrogens is 458 g/mol. The third-order valence-electron chi connectivity index (χ3n) is 4.33. The molecule has 1 saturated heterocycles. The van der Waals surface area contributed by atoms with Gasteiger partial charge in [0.1, 0.15) is 5.60 Å². The Morgan fingerprint density at radius 3 is 2.56 bits per heavy atom. The van der Waals surface area contributed by atoms with E-state index < -0.39 is 36.7 Å². The highest BCUT2D eigenvalue weighted by Crippen LogP contribution is 2.25. The van der Waals surface area contributed by atoms with Crippen molar-refractivity contribution >= 4 is 53.9 Å². The van der Waals surface area contributed by atoms with Gasteiger partial charge in [0, 0.05) is 5.02 Å². The smallest absolute Gasteiger partial charge is 0.506 e. The number of hydrogen-bond acceptors (Lipinski definition) is 7. The predicted molar refractivity (Wildman–Crippen MR) is 124 cm³/mol. The maximum Gasteiger partial charge on any atom is 0.552 e. The zero-order valence-electron chi connectivity index (χ0n) is 18.9. The highest BCUT2D eigenvalue weighted by Gasteiger charge is 2.47. The summed E-state index contributed by atoms with van der Waals surface area (Å²) in [5.74, 6) is -1.98. The second-order valence-corrected chi connectivity index (χ2v) is 9.85. The molecule has 0 spiro atoms. The van der Waals surface area contributed by atoms with Crippen molar-refractivity contribution in [2.45, 2.75) is 65.1 Å². The molecule has 0 aromatic heterocycles. The average molecular weight is 487 g/mol. The summed E-state index contributed by atoms with van der Waals surface area (Å²) >= 11 is 12.1. The van der Waals surface area contributed by atoms with E-state index >= 15 is 0 Å². The van der Waals surface area contributed by atoms with Gasteiger partial charge in [-0.3, -0.25) is 14.4 Å². The van der Waals surface area contributed by atoms with Crippen LogP contribution in [0.3, 0.4) is 0 Å². The minimum atomic E-state index is -1.08. The molecule has 2 rings (SSSR count). The summed E-state index contributed by atoms with van der Waals surface area (Å²) in [6.07, 6.45) is -0.838. The predicted octanol–water partition coefficient (Wildman–Crippen LogP) is 3.64. The molecule has 1 fully saturated rings. The number of carbonyl (C=O) groups excluding carboxylic acids is 3. The van der Waals surface area contributed by atoms with Gasteiger partial charge in [-0.05, 0) is 51.3 Å². The second-order valence-electron chi connectivity index (χ2n) is 9.00. The van der Waals surface area contributed by atoms with E-state index in [0.29, 0.717) is 22.2 Å². The number of nitrogens with one attached hydrogen (secondary N) is 2. The van der Waals surface area contributed by atoms with Crippen LogP contribution in [0.5, 0.6) is 0 Å². The molecule has 0 radical (unpaired) electrons. The number of ether oxygens (including phenoxy) is 1. The molecule has 32 heavy (non-hydrogen) atoms. The summed E-state index contributed by atoms with van der Waals surface area (Å²) in [7, 11) is -1.00. The van der Waals surface area contributed by atoms with E-state index in [1.165, 1.54) is 0 Å². The van der Waals surface area contributed by atoms with Gasteiger partial charge in [0.15, 0.2) is 6.10 Å². The standard InChI is InChI=1S/C21H29BCl2N2O6/c1-12(2)8-17(26-18(27)11-25-15-9-13(23)6-7-14(15)24)22-31-16(20(29)32-22)10-19(28)30-21(3,4)5/h6-7,9,12,16-17,25H,8,10-11H2,1-5H3,(H,26,27)/t16-,17-/m0/s1. The van der Waals surface area contributed by atoms with Crippen LogP contribution < -0.4 is 10.6 Å². The maximum absolute atomic E-state index is 12.5. The summed E-state index contributed by atoms with van der Waals surface area (Å²) in [5, 5.41) is 6.67. The van der Waals surface area contributed by atoms with Crippen LogP contribution in [-0.4, -0.2) is 49.2 Å². The molecule has 0 saturated carbocycles. The van der Waals surface area contributed by atoms with Crippen LogP contribution >= 0.6 is 23.2 Å². The quantitative estimate of drug-likeness (QED) is 0.405. The first kappa shape index (κ1) is 26.3. The molecular formula is C21H29BCl2N2O6. The molecule has 1 aliphatic heterocycles. The van der Waals surface area contributed by atoms with Gasteiger partial charge in [-0.15, -0.1) is 0 Å². The number of carbonyl (C=O) groups is 3. The first-order valence-corrected chi connectivity index (χ1v) is 11.2. The molecule has 2 atom stereocenters. The Labute approximate surface area is 198 Å². The molecule has 1 aliphatic rings. The normalized spacial score (nSPS) is 17.2. The van der Waals surface area contributed by atoms with E-state index in [1.807, 2.05) is 13.8 Å². The van der Waals surface area contributed by atoms with Gasteiger partial charge in [-0.25, -0.2) is 0 Å². The van der Waals surface area contributed by atoms with Gasteiger partial charge < -0.3 is 24.7 Å². The maximum atomic E-state index is 12.5. The summed E-state index contributed by atoms with van der Waals surface area (Å²) in [5.41, 5.74) is -0.151. The lowest BCUT2D eigenvalue weighted by atomic mass is 9.74. The zero-order chi connectivity index (χ0) is 24.1. The summed E-state index contributed by atoms with van der Waals surface area (Å²) in [4.78, 5) is 36.8. The molecule has 1 aromatic carbocycles. The van der Waals surface area contributed by atoms with Gasteiger partial charge >= 0.3 is 19.1 Å². The van der Waals surface area contributed by atoms with Crippen LogP contribution in [0.1, 0.15) is 47.5 Å². The molecule has 0 unspecified atom stereocenters. The fourth-order valence-corrected chi connectivity index (χ4v) is 3.45. The van der Waals surface area contributed by atoms with E-state index in [-0.39, 0.29) is 24.8 Å². The van der Waals surface area contributed by atoms with E-state index in [0.717, 1.165) is 0 Å². The molecule has 1 amide bonds. The van der Waals surface area contributed by atoms with E-state index in [9.17, 15) is 14.4 Å². The highest BCUT2D eigenvalue weighted by atomic mass is 35.5. The highest BCUT2D eigenvalue weighted by molar-refractivity contribution is 6.51. The number of esters is 1.